The molecule has 0 aliphatic heterocycles. The molecule has 0 bridgehead atoms. The highest BCUT2D eigenvalue weighted by Crippen LogP contribution is 2.42. The molecule has 0 aliphatic carbocycles. The minimum atomic E-state index is 0.663. The van der Waals surface area contributed by atoms with Gasteiger partial charge in [0.15, 0.2) is 5.82 Å². The van der Waals surface area contributed by atoms with Gasteiger partial charge < -0.3 is 0 Å². The lowest BCUT2D eigenvalue weighted by Gasteiger charge is -2.16. The molecule has 11 aromatic rings. The molecule has 9 aromatic carbocycles. The van der Waals surface area contributed by atoms with Crippen LogP contribution in [-0.4, -0.2) is 15.0 Å². The average Bonchev–Trinajstić information content (AvgIpc) is 3.37. The van der Waals surface area contributed by atoms with Crippen LogP contribution in [0.1, 0.15) is 0 Å². The Bertz CT molecular complexity index is 3310. The van der Waals surface area contributed by atoms with Gasteiger partial charge in [-0.05, 0) is 97.7 Å². The first-order chi connectivity index (χ1) is 30.7. The van der Waals surface area contributed by atoms with Crippen molar-refractivity contribution in [1.29, 1.82) is 0 Å². The van der Waals surface area contributed by atoms with E-state index in [1.807, 2.05) is 12.1 Å². The maximum Gasteiger partial charge on any atom is 0.160 e. The summed E-state index contributed by atoms with van der Waals surface area (Å²) in [6, 6.07) is 83.4. The van der Waals surface area contributed by atoms with E-state index in [0.717, 1.165) is 106 Å². The van der Waals surface area contributed by atoms with Crippen LogP contribution in [0, 0.1) is 0 Å². The fraction of sp³-hybridized carbons (Fsp3) is 0. The largest absolute Gasteiger partial charge is 0.248 e. The summed E-state index contributed by atoms with van der Waals surface area (Å²) < 4.78 is 0. The Morgan fingerprint density at radius 2 is 0.645 bits per heavy atom. The van der Waals surface area contributed by atoms with E-state index in [4.69, 9.17) is 15.0 Å². The van der Waals surface area contributed by atoms with Gasteiger partial charge in [0.2, 0.25) is 0 Å². The molecule has 11 rings (SSSR count). The molecule has 0 saturated heterocycles. The van der Waals surface area contributed by atoms with Gasteiger partial charge in [-0.2, -0.15) is 0 Å². The topological polar surface area (TPSA) is 38.7 Å². The molecule has 2 aromatic heterocycles. The van der Waals surface area contributed by atoms with Crippen LogP contribution in [0.25, 0.3) is 111 Å². The first-order valence-corrected chi connectivity index (χ1v) is 21.0. The first-order valence-electron chi connectivity index (χ1n) is 21.0. The number of aromatic nitrogens is 3. The molecule has 2 heterocycles. The third-order valence-electron chi connectivity index (χ3n) is 11.6. The molecule has 0 spiro atoms. The van der Waals surface area contributed by atoms with Crippen molar-refractivity contribution in [2.75, 3.05) is 0 Å². The Labute approximate surface area is 361 Å². The van der Waals surface area contributed by atoms with Crippen molar-refractivity contribution in [2.24, 2.45) is 0 Å². The Morgan fingerprint density at radius 1 is 0.226 bits per heavy atom. The van der Waals surface area contributed by atoms with E-state index < -0.39 is 0 Å². The van der Waals surface area contributed by atoms with Gasteiger partial charge in [-0.1, -0.05) is 194 Å². The van der Waals surface area contributed by atoms with Crippen molar-refractivity contribution in [1.82, 2.24) is 15.0 Å². The molecule has 0 radical (unpaired) electrons. The molecule has 0 fully saturated rings. The van der Waals surface area contributed by atoms with Gasteiger partial charge in [0.05, 0.1) is 22.6 Å². The van der Waals surface area contributed by atoms with Crippen molar-refractivity contribution >= 4 is 21.7 Å². The number of fused-ring (bicyclic) bond motifs is 3. The molecule has 0 atom stereocenters. The molecule has 0 saturated carbocycles. The summed E-state index contributed by atoms with van der Waals surface area (Å²) >= 11 is 0. The molecule has 3 heteroatoms. The van der Waals surface area contributed by atoms with Crippen molar-refractivity contribution in [3.8, 4) is 89.7 Å². The van der Waals surface area contributed by atoms with E-state index in [0.29, 0.717) is 5.82 Å². The summed E-state index contributed by atoms with van der Waals surface area (Å²) in [6.07, 6.45) is 0. The molecule has 0 N–H and O–H groups in total. The first kappa shape index (κ1) is 36.8. The fourth-order valence-electron chi connectivity index (χ4n) is 8.62. The van der Waals surface area contributed by atoms with Crippen LogP contribution in [0.3, 0.4) is 0 Å². The van der Waals surface area contributed by atoms with E-state index >= 15 is 0 Å². The molecular formula is C59H39N3. The Hall–Kier alpha value is -8.27. The summed E-state index contributed by atoms with van der Waals surface area (Å²) in [7, 11) is 0. The van der Waals surface area contributed by atoms with E-state index in [-0.39, 0.29) is 0 Å². The molecule has 3 nitrogen and oxygen atoms in total. The second kappa shape index (κ2) is 16.1. The Balaban J connectivity index is 1.10. The SMILES string of the molecule is c1ccc(-c2cc(-c3ccccc3)cc(-c3cc(-c4ccccc4)nc(-c4cccc(-c5cc6nc(-c7ccccc7)cc(-c7ccccc7)c6c6ccccc56)c4)n3)c2)cc1. The third kappa shape index (κ3) is 7.12. The Morgan fingerprint density at radius 3 is 1.23 bits per heavy atom. The monoisotopic (exact) mass is 789 g/mol. The summed E-state index contributed by atoms with van der Waals surface area (Å²) in [4.78, 5) is 16.0. The van der Waals surface area contributed by atoms with Crippen molar-refractivity contribution in [2.45, 2.75) is 0 Å². The smallest absolute Gasteiger partial charge is 0.160 e. The summed E-state index contributed by atoms with van der Waals surface area (Å²) in [5.74, 6) is 0.663. The fourth-order valence-corrected chi connectivity index (χ4v) is 8.62. The molecule has 0 aliphatic rings. The van der Waals surface area contributed by atoms with E-state index in [1.165, 1.54) is 0 Å². The van der Waals surface area contributed by atoms with Crippen LogP contribution in [0.2, 0.25) is 0 Å². The van der Waals surface area contributed by atoms with Crippen LogP contribution in [0.5, 0.6) is 0 Å². The van der Waals surface area contributed by atoms with Crippen molar-refractivity contribution in [3.05, 3.63) is 237 Å². The third-order valence-corrected chi connectivity index (χ3v) is 11.6. The minimum absolute atomic E-state index is 0.663. The zero-order valence-electron chi connectivity index (χ0n) is 33.9. The van der Waals surface area contributed by atoms with Crippen LogP contribution in [0.4, 0.5) is 0 Å². The molecular weight excluding hydrogens is 751 g/mol. The summed E-state index contributed by atoms with van der Waals surface area (Å²) in [6.45, 7) is 0. The lowest BCUT2D eigenvalue weighted by Crippen LogP contribution is -1.97. The number of pyridine rings is 1. The van der Waals surface area contributed by atoms with E-state index in [2.05, 4.69) is 224 Å². The minimum Gasteiger partial charge on any atom is -0.248 e. The predicted octanol–water partition coefficient (Wildman–Crippen LogP) is 15.5. The van der Waals surface area contributed by atoms with E-state index in [9.17, 15) is 0 Å². The standard InChI is InChI=1S/C59H39N3/c1-6-19-40(20-7-1)47-34-48(41-21-8-2-9-22-41)36-49(35-47)56-39-55(44-27-14-5-15-28-44)61-59(62-56)46-30-18-29-45(33-46)52-37-57-58(51-32-17-16-31-50(51)52)53(42-23-10-3-11-24-42)38-54(60-57)43-25-12-4-13-26-43/h1-39H. The predicted molar refractivity (Wildman–Crippen MR) is 258 cm³/mol. The highest BCUT2D eigenvalue weighted by molar-refractivity contribution is 6.18. The van der Waals surface area contributed by atoms with Gasteiger partial charge in [0.25, 0.3) is 0 Å². The lowest BCUT2D eigenvalue weighted by atomic mass is 9.90. The van der Waals surface area contributed by atoms with Gasteiger partial charge in [-0.3, -0.25) is 0 Å². The zero-order valence-corrected chi connectivity index (χ0v) is 33.9. The lowest BCUT2D eigenvalue weighted by molar-refractivity contribution is 1.18. The summed E-state index contributed by atoms with van der Waals surface area (Å²) in [5, 5.41) is 3.46. The number of rotatable bonds is 8. The van der Waals surface area contributed by atoms with E-state index in [1.54, 1.807) is 0 Å². The number of benzene rings is 9. The highest BCUT2D eigenvalue weighted by Gasteiger charge is 2.18. The molecule has 62 heavy (non-hydrogen) atoms. The van der Waals surface area contributed by atoms with Gasteiger partial charge in [0, 0.05) is 27.6 Å². The number of nitrogens with zero attached hydrogens (tertiary/aromatic N) is 3. The maximum absolute atomic E-state index is 5.38. The van der Waals surface area contributed by atoms with Crippen LogP contribution < -0.4 is 0 Å². The van der Waals surface area contributed by atoms with Gasteiger partial charge >= 0.3 is 0 Å². The zero-order chi connectivity index (χ0) is 41.2. The maximum atomic E-state index is 5.38. The average molecular weight is 790 g/mol. The van der Waals surface area contributed by atoms with Crippen LogP contribution in [0.15, 0.2) is 237 Å². The number of hydrogen-bond donors (Lipinski definition) is 0. The van der Waals surface area contributed by atoms with Crippen molar-refractivity contribution in [3.63, 3.8) is 0 Å². The Kier molecular flexibility index (Phi) is 9.53. The van der Waals surface area contributed by atoms with Crippen molar-refractivity contribution < 1.29 is 0 Å². The highest BCUT2D eigenvalue weighted by atomic mass is 14.9. The van der Waals surface area contributed by atoms with Gasteiger partial charge in [-0.25, -0.2) is 15.0 Å². The second-order valence-electron chi connectivity index (χ2n) is 15.6. The summed E-state index contributed by atoms with van der Waals surface area (Å²) in [5.41, 5.74) is 16.8. The van der Waals surface area contributed by atoms with Gasteiger partial charge in [0.1, 0.15) is 0 Å². The normalized spacial score (nSPS) is 11.2. The molecule has 290 valence electrons. The quantitative estimate of drug-likeness (QED) is 0.144. The van der Waals surface area contributed by atoms with Crippen LogP contribution in [-0.2, 0) is 0 Å². The molecule has 0 unspecified atom stereocenters. The second-order valence-corrected chi connectivity index (χ2v) is 15.6. The molecule has 0 amide bonds. The van der Waals surface area contributed by atoms with Gasteiger partial charge in [-0.15, -0.1) is 0 Å². The van der Waals surface area contributed by atoms with Crippen LogP contribution >= 0.6 is 0 Å². The number of hydrogen-bond acceptors (Lipinski definition) is 3.